The van der Waals surface area contributed by atoms with E-state index in [4.69, 9.17) is 0 Å². The smallest absolute Gasteiger partial charge is 0.230 e. The number of nitrogens with one attached hydrogen (secondary N) is 1. The van der Waals surface area contributed by atoms with E-state index in [1.807, 2.05) is 0 Å². The van der Waals surface area contributed by atoms with Crippen LogP contribution < -0.4 is 5.43 Å². The van der Waals surface area contributed by atoms with E-state index < -0.39 is 8.24 Å². The summed E-state index contributed by atoms with van der Waals surface area (Å²) in [5.41, 5.74) is 2.91. The van der Waals surface area contributed by atoms with Crippen molar-refractivity contribution in [3.8, 4) is 0 Å². The Bertz CT molecular complexity index is 177. The van der Waals surface area contributed by atoms with Crippen LogP contribution in [0.4, 0.5) is 0 Å². The first-order valence-electron chi connectivity index (χ1n) is 4.62. The van der Waals surface area contributed by atoms with Crippen molar-refractivity contribution in [2.75, 3.05) is 0 Å². The fourth-order valence-corrected chi connectivity index (χ4v) is 4.00. The molecule has 0 spiro atoms. The molecule has 0 radical (unpaired) electrons. The maximum Gasteiger partial charge on any atom is 0.230 e. The highest BCUT2D eigenvalue weighted by atomic mass is 28.3. The summed E-state index contributed by atoms with van der Waals surface area (Å²) in [6.45, 7) is 14.5. The van der Waals surface area contributed by atoms with E-state index in [0.717, 1.165) is 0 Å². The van der Waals surface area contributed by atoms with Crippen molar-refractivity contribution in [3.63, 3.8) is 0 Å². The van der Waals surface area contributed by atoms with Crippen LogP contribution >= 0.6 is 0 Å². The summed E-state index contributed by atoms with van der Waals surface area (Å²) in [5.74, 6) is 0.0114. The average molecular weight is 202 g/mol. The largest absolute Gasteiger partial charge is 0.295 e. The van der Waals surface area contributed by atoms with Crippen molar-refractivity contribution >= 4 is 14.1 Å². The summed E-state index contributed by atoms with van der Waals surface area (Å²) in [7, 11) is -1.48. The number of hydrogen-bond donors (Lipinski definition) is 1. The van der Waals surface area contributed by atoms with E-state index in [2.05, 4.69) is 50.5 Å². The lowest BCUT2D eigenvalue weighted by atomic mass is 10.1. The lowest BCUT2D eigenvalue weighted by molar-refractivity contribution is -0.123. The van der Waals surface area contributed by atoms with Crippen molar-refractivity contribution in [3.05, 3.63) is 0 Å². The Balaban J connectivity index is 4.68. The van der Waals surface area contributed by atoms with Gasteiger partial charge in [-0.05, 0) is 20.8 Å². The quantitative estimate of drug-likeness (QED) is 0.548. The van der Waals surface area contributed by atoms with E-state index in [1.165, 1.54) is 0 Å². The first kappa shape index (κ1) is 12.6. The number of hydrazine groups is 1. The van der Waals surface area contributed by atoms with Crippen molar-refractivity contribution in [1.29, 1.82) is 0 Å². The van der Waals surface area contributed by atoms with Crippen molar-refractivity contribution in [1.82, 2.24) is 10.1 Å². The van der Waals surface area contributed by atoms with Gasteiger partial charge in [-0.25, -0.2) is 4.67 Å². The highest BCUT2D eigenvalue weighted by Gasteiger charge is 2.33. The number of hydrogen-bond acceptors (Lipinski definition) is 2. The predicted octanol–water partition coefficient (Wildman–Crippen LogP) is 1.97. The molecule has 0 aliphatic heterocycles. The average Bonchev–Trinajstić information content (AvgIpc) is 1.77. The Kier molecular flexibility index (Phi) is 3.69. The van der Waals surface area contributed by atoms with Gasteiger partial charge in [-0.2, -0.15) is 0 Å². The molecule has 0 saturated carbocycles. The molecular weight excluding hydrogens is 180 g/mol. The fourth-order valence-electron chi connectivity index (χ4n) is 1.50. The molecule has 0 aromatic heterocycles. The number of nitrogens with zero attached hydrogens (tertiary/aromatic N) is 1. The summed E-state index contributed by atoms with van der Waals surface area (Å²) in [6.07, 6.45) is 0. The fraction of sp³-hybridized carbons (Fsp3) is 0.889. The molecular formula is C9H22N2OSi. The zero-order chi connectivity index (χ0) is 10.9. The van der Waals surface area contributed by atoms with Gasteiger partial charge in [0, 0.05) is 12.5 Å². The van der Waals surface area contributed by atoms with Gasteiger partial charge in [0.05, 0.1) is 0 Å². The predicted molar refractivity (Wildman–Crippen MR) is 58.8 cm³/mol. The van der Waals surface area contributed by atoms with Crippen LogP contribution in [-0.4, -0.2) is 24.4 Å². The third kappa shape index (κ3) is 4.43. The number of rotatable bonds is 2. The van der Waals surface area contributed by atoms with E-state index in [-0.39, 0.29) is 11.4 Å². The molecule has 0 aliphatic rings. The van der Waals surface area contributed by atoms with E-state index >= 15 is 0 Å². The Morgan fingerprint density at radius 2 is 1.62 bits per heavy atom. The van der Waals surface area contributed by atoms with Crippen LogP contribution in [0.15, 0.2) is 0 Å². The van der Waals surface area contributed by atoms with E-state index in [9.17, 15) is 4.79 Å². The summed E-state index contributed by atoms with van der Waals surface area (Å²) in [4.78, 5) is 11.0. The van der Waals surface area contributed by atoms with Crippen molar-refractivity contribution < 1.29 is 4.79 Å². The molecule has 0 saturated heterocycles. The van der Waals surface area contributed by atoms with Gasteiger partial charge in [-0.15, -0.1) is 0 Å². The maximum atomic E-state index is 11.0. The minimum atomic E-state index is -1.48. The Morgan fingerprint density at radius 3 is 1.69 bits per heavy atom. The maximum absolute atomic E-state index is 11.0. The SMILES string of the molecule is CC(=O)NN(C(C)(C)C)[Si](C)(C)C. The molecule has 4 heteroatoms. The monoisotopic (exact) mass is 202 g/mol. The summed E-state index contributed by atoms with van der Waals surface area (Å²) < 4.78 is 2.11. The van der Waals surface area contributed by atoms with Gasteiger partial charge in [0.1, 0.15) is 8.24 Å². The summed E-state index contributed by atoms with van der Waals surface area (Å²) in [5, 5.41) is 0. The molecule has 0 fully saturated rings. The zero-order valence-corrected chi connectivity index (χ0v) is 10.9. The molecule has 13 heavy (non-hydrogen) atoms. The van der Waals surface area contributed by atoms with Gasteiger partial charge in [0.15, 0.2) is 0 Å². The topological polar surface area (TPSA) is 32.3 Å². The molecule has 1 amide bonds. The van der Waals surface area contributed by atoms with Gasteiger partial charge >= 0.3 is 0 Å². The van der Waals surface area contributed by atoms with Gasteiger partial charge in [0.2, 0.25) is 5.91 Å². The van der Waals surface area contributed by atoms with Gasteiger partial charge in [-0.1, -0.05) is 19.6 Å². The minimum absolute atomic E-state index is 0.00383. The normalized spacial score (nSPS) is 13.2. The van der Waals surface area contributed by atoms with Gasteiger partial charge < -0.3 is 0 Å². The second-order valence-corrected chi connectivity index (χ2v) is 10.1. The molecule has 0 atom stereocenters. The molecule has 0 rings (SSSR count). The highest BCUT2D eigenvalue weighted by Crippen LogP contribution is 2.19. The van der Waals surface area contributed by atoms with Gasteiger partial charge in [-0.3, -0.25) is 10.2 Å². The molecule has 78 valence electrons. The van der Waals surface area contributed by atoms with Crippen LogP contribution in [0.3, 0.4) is 0 Å². The molecule has 0 aromatic carbocycles. The molecule has 1 N–H and O–H groups in total. The number of carbonyl (C=O) groups excluding carboxylic acids is 1. The zero-order valence-electron chi connectivity index (χ0n) is 9.86. The summed E-state index contributed by atoms with van der Waals surface area (Å²) in [6, 6.07) is 0. The molecule has 0 heterocycles. The van der Waals surface area contributed by atoms with E-state index in [0.29, 0.717) is 0 Å². The Hall–Kier alpha value is -0.353. The van der Waals surface area contributed by atoms with Crippen LogP contribution in [0.2, 0.25) is 19.6 Å². The number of carbonyl (C=O) groups is 1. The van der Waals surface area contributed by atoms with Crippen LogP contribution in [0, 0.1) is 0 Å². The lowest BCUT2D eigenvalue weighted by Gasteiger charge is -2.43. The molecule has 0 aromatic rings. The van der Waals surface area contributed by atoms with Gasteiger partial charge in [0.25, 0.3) is 0 Å². The van der Waals surface area contributed by atoms with Crippen LogP contribution in [0.25, 0.3) is 0 Å². The highest BCUT2D eigenvalue weighted by molar-refractivity contribution is 6.73. The van der Waals surface area contributed by atoms with Crippen LogP contribution in [-0.2, 0) is 4.79 Å². The van der Waals surface area contributed by atoms with E-state index in [1.54, 1.807) is 6.92 Å². The molecule has 0 aliphatic carbocycles. The Morgan fingerprint density at radius 1 is 1.23 bits per heavy atom. The second-order valence-electron chi connectivity index (χ2n) is 5.35. The number of amides is 1. The van der Waals surface area contributed by atoms with Crippen molar-refractivity contribution in [2.24, 2.45) is 0 Å². The first-order chi connectivity index (χ1) is 5.55. The first-order valence-corrected chi connectivity index (χ1v) is 8.07. The lowest BCUT2D eigenvalue weighted by Crippen LogP contribution is -2.63. The summed E-state index contributed by atoms with van der Waals surface area (Å²) >= 11 is 0. The van der Waals surface area contributed by atoms with Crippen LogP contribution in [0.1, 0.15) is 27.7 Å². The van der Waals surface area contributed by atoms with Crippen LogP contribution in [0.5, 0.6) is 0 Å². The molecule has 0 unspecified atom stereocenters. The molecule has 0 bridgehead atoms. The third-order valence-corrected chi connectivity index (χ3v) is 3.74. The van der Waals surface area contributed by atoms with Crippen molar-refractivity contribution in [2.45, 2.75) is 52.9 Å². The molecule has 3 nitrogen and oxygen atoms in total. The third-order valence-electron chi connectivity index (χ3n) is 1.61. The Labute approximate surface area is 82.6 Å². The minimum Gasteiger partial charge on any atom is -0.295 e. The second kappa shape index (κ2) is 3.80. The standard InChI is InChI=1S/C9H22N2OSi/c1-8(12)10-11(9(2,3)4)13(5,6)7/h1-7H3,(H,10,12).